The van der Waals surface area contributed by atoms with Crippen molar-refractivity contribution in [1.29, 1.82) is 0 Å². The van der Waals surface area contributed by atoms with Crippen LogP contribution in [-0.2, 0) is 4.79 Å². The van der Waals surface area contributed by atoms with Gasteiger partial charge in [-0.15, -0.1) is 0 Å². The predicted octanol–water partition coefficient (Wildman–Crippen LogP) is 2.97. The molecule has 6 heteroatoms. The Hall–Kier alpha value is -2.08. The SMILES string of the molecule is CCSc1nc2c(c(=O)[nH]1)C(c1ccc(C)cc1C)CC(=O)N2. The number of anilines is 1. The van der Waals surface area contributed by atoms with E-state index in [9.17, 15) is 9.59 Å². The monoisotopic (exact) mass is 329 g/mol. The highest BCUT2D eigenvalue weighted by Crippen LogP contribution is 2.36. The largest absolute Gasteiger partial charge is 0.310 e. The topological polar surface area (TPSA) is 74.8 Å². The van der Waals surface area contributed by atoms with Crippen molar-refractivity contribution in [3.63, 3.8) is 0 Å². The number of rotatable bonds is 3. The summed E-state index contributed by atoms with van der Waals surface area (Å²) in [4.78, 5) is 31.9. The number of nitrogens with zero attached hydrogens (tertiary/aromatic N) is 1. The Labute approximate surface area is 138 Å². The second-order valence-corrected chi connectivity index (χ2v) is 6.98. The molecule has 5 nitrogen and oxygen atoms in total. The Balaban J connectivity index is 2.15. The lowest BCUT2D eigenvalue weighted by Crippen LogP contribution is -2.31. The minimum absolute atomic E-state index is 0.104. The van der Waals surface area contributed by atoms with E-state index in [4.69, 9.17) is 0 Å². The highest BCUT2D eigenvalue weighted by molar-refractivity contribution is 7.99. The smallest absolute Gasteiger partial charge is 0.257 e. The van der Waals surface area contributed by atoms with Crippen molar-refractivity contribution in [1.82, 2.24) is 9.97 Å². The van der Waals surface area contributed by atoms with E-state index < -0.39 is 0 Å². The van der Waals surface area contributed by atoms with E-state index in [0.717, 1.165) is 22.4 Å². The zero-order valence-electron chi connectivity index (χ0n) is 13.4. The molecule has 120 valence electrons. The Morgan fingerprint density at radius 3 is 2.78 bits per heavy atom. The fourth-order valence-corrected chi connectivity index (χ4v) is 3.63. The van der Waals surface area contributed by atoms with Crippen LogP contribution in [0.5, 0.6) is 0 Å². The van der Waals surface area contributed by atoms with Gasteiger partial charge in [0.1, 0.15) is 5.82 Å². The van der Waals surface area contributed by atoms with E-state index in [1.165, 1.54) is 11.8 Å². The van der Waals surface area contributed by atoms with Crippen LogP contribution >= 0.6 is 11.8 Å². The van der Waals surface area contributed by atoms with Gasteiger partial charge in [0, 0.05) is 12.3 Å². The van der Waals surface area contributed by atoms with Gasteiger partial charge >= 0.3 is 0 Å². The Bertz CT molecular complexity index is 829. The molecule has 1 aliphatic rings. The molecule has 2 aromatic rings. The van der Waals surface area contributed by atoms with Crippen LogP contribution in [0.25, 0.3) is 0 Å². The average Bonchev–Trinajstić information content (AvgIpc) is 2.46. The third kappa shape index (κ3) is 3.03. The molecule has 1 aromatic carbocycles. The lowest BCUT2D eigenvalue weighted by atomic mass is 9.84. The number of aromatic amines is 1. The van der Waals surface area contributed by atoms with E-state index >= 15 is 0 Å². The quantitative estimate of drug-likeness (QED) is 0.670. The van der Waals surface area contributed by atoms with Gasteiger partial charge in [0.2, 0.25) is 5.91 Å². The van der Waals surface area contributed by atoms with Crippen LogP contribution in [0.15, 0.2) is 28.2 Å². The van der Waals surface area contributed by atoms with Crippen LogP contribution in [0.1, 0.15) is 41.5 Å². The van der Waals surface area contributed by atoms with Crippen molar-refractivity contribution >= 4 is 23.5 Å². The van der Waals surface area contributed by atoms with E-state index in [-0.39, 0.29) is 23.8 Å². The van der Waals surface area contributed by atoms with Crippen LogP contribution in [0.3, 0.4) is 0 Å². The molecule has 0 spiro atoms. The van der Waals surface area contributed by atoms with E-state index in [1.54, 1.807) is 0 Å². The Morgan fingerprint density at radius 2 is 2.09 bits per heavy atom. The number of aromatic nitrogens is 2. The molecule has 1 atom stereocenters. The van der Waals surface area contributed by atoms with Crippen molar-refractivity contribution < 1.29 is 4.79 Å². The summed E-state index contributed by atoms with van der Waals surface area (Å²) < 4.78 is 0. The van der Waals surface area contributed by atoms with Crippen molar-refractivity contribution in [2.45, 2.75) is 38.3 Å². The van der Waals surface area contributed by atoms with E-state index in [0.29, 0.717) is 16.5 Å². The molecule has 0 saturated heterocycles. The lowest BCUT2D eigenvalue weighted by Gasteiger charge is -2.25. The fraction of sp³-hybridized carbons (Fsp3) is 0.353. The molecule has 0 bridgehead atoms. The van der Waals surface area contributed by atoms with Gasteiger partial charge in [0.05, 0.1) is 5.56 Å². The van der Waals surface area contributed by atoms with Crippen LogP contribution in [0.2, 0.25) is 0 Å². The summed E-state index contributed by atoms with van der Waals surface area (Å²) in [6.45, 7) is 6.03. The molecule has 3 rings (SSSR count). The average molecular weight is 329 g/mol. The number of carbonyl (C=O) groups excluding carboxylic acids is 1. The minimum atomic E-state index is -0.253. The summed E-state index contributed by atoms with van der Waals surface area (Å²) in [5.74, 6) is 0.839. The van der Waals surface area contributed by atoms with Gasteiger partial charge in [-0.3, -0.25) is 9.59 Å². The number of nitrogens with one attached hydrogen (secondary N) is 2. The number of H-pyrrole nitrogens is 1. The minimum Gasteiger partial charge on any atom is -0.310 e. The van der Waals surface area contributed by atoms with E-state index in [2.05, 4.69) is 21.4 Å². The fourth-order valence-electron chi connectivity index (χ4n) is 3.04. The number of benzene rings is 1. The highest BCUT2D eigenvalue weighted by Gasteiger charge is 2.31. The van der Waals surface area contributed by atoms with Crippen LogP contribution in [-0.4, -0.2) is 21.6 Å². The highest BCUT2D eigenvalue weighted by atomic mass is 32.2. The third-order valence-corrected chi connectivity index (χ3v) is 4.77. The zero-order valence-corrected chi connectivity index (χ0v) is 14.2. The van der Waals surface area contributed by atoms with Crippen LogP contribution in [0, 0.1) is 13.8 Å². The molecule has 1 amide bonds. The van der Waals surface area contributed by atoms with Gasteiger partial charge in [0.15, 0.2) is 5.16 Å². The van der Waals surface area contributed by atoms with Crippen molar-refractivity contribution in [2.24, 2.45) is 0 Å². The van der Waals surface area contributed by atoms with Gasteiger partial charge in [0.25, 0.3) is 5.56 Å². The zero-order chi connectivity index (χ0) is 16.6. The van der Waals surface area contributed by atoms with Crippen molar-refractivity contribution in [2.75, 3.05) is 11.1 Å². The molecule has 0 aliphatic carbocycles. The van der Waals surface area contributed by atoms with Crippen LogP contribution < -0.4 is 10.9 Å². The number of hydrogen-bond acceptors (Lipinski definition) is 4. The van der Waals surface area contributed by atoms with Gasteiger partial charge in [-0.25, -0.2) is 4.98 Å². The first-order valence-corrected chi connectivity index (χ1v) is 8.62. The molecule has 2 heterocycles. The summed E-state index contributed by atoms with van der Waals surface area (Å²) in [6.07, 6.45) is 0.266. The Kier molecular flexibility index (Phi) is 4.26. The normalized spacial score (nSPS) is 16.8. The number of fused-ring (bicyclic) bond motifs is 1. The molecule has 2 N–H and O–H groups in total. The van der Waals surface area contributed by atoms with Gasteiger partial charge in [-0.1, -0.05) is 42.4 Å². The maximum Gasteiger partial charge on any atom is 0.257 e. The summed E-state index contributed by atoms with van der Waals surface area (Å²) in [5, 5.41) is 3.29. The maximum atomic E-state index is 12.6. The third-order valence-electron chi connectivity index (χ3n) is 4.01. The number of carbonyl (C=O) groups is 1. The predicted molar refractivity (Wildman–Crippen MR) is 92.3 cm³/mol. The molecule has 1 unspecified atom stereocenters. The molecule has 1 aliphatic heterocycles. The summed E-state index contributed by atoms with van der Waals surface area (Å²) >= 11 is 1.45. The van der Waals surface area contributed by atoms with Crippen molar-refractivity contribution in [3.05, 3.63) is 50.8 Å². The molecule has 1 aromatic heterocycles. The number of amides is 1. The van der Waals surface area contributed by atoms with Gasteiger partial charge < -0.3 is 10.3 Å². The molecule has 0 radical (unpaired) electrons. The van der Waals surface area contributed by atoms with Gasteiger partial charge in [-0.2, -0.15) is 0 Å². The molecular formula is C17H19N3O2S. The summed E-state index contributed by atoms with van der Waals surface area (Å²) in [6, 6.07) is 6.09. The summed E-state index contributed by atoms with van der Waals surface area (Å²) in [5.41, 5.74) is 3.64. The summed E-state index contributed by atoms with van der Waals surface area (Å²) in [7, 11) is 0. The lowest BCUT2D eigenvalue weighted by molar-refractivity contribution is -0.116. The number of aryl methyl sites for hydroxylation is 2. The standard InChI is InChI=1S/C17H19N3O2S/c1-4-23-17-19-15-14(16(22)20-17)12(8-13(21)18-15)11-6-5-9(2)7-10(11)3/h5-7,12H,4,8H2,1-3H3,(H2,18,19,20,21,22). The number of thioether (sulfide) groups is 1. The maximum absolute atomic E-state index is 12.6. The first-order valence-electron chi connectivity index (χ1n) is 7.63. The number of hydrogen-bond donors (Lipinski definition) is 2. The molecule has 0 saturated carbocycles. The first-order chi connectivity index (χ1) is 11.0. The molecule has 23 heavy (non-hydrogen) atoms. The first kappa shape index (κ1) is 15.8. The van der Waals surface area contributed by atoms with Crippen molar-refractivity contribution in [3.8, 4) is 0 Å². The van der Waals surface area contributed by atoms with E-state index in [1.807, 2.05) is 32.9 Å². The molecule has 0 fully saturated rings. The molecular weight excluding hydrogens is 310 g/mol. The Morgan fingerprint density at radius 1 is 1.30 bits per heavy atom. The second kappa shape index (κ2) is 6.20. The van der Waals surface area contributed by atoms with Gasteiger partial charge in [-0.05, 0) is 30.7 Å². The van der Waals surface area contributed by atoms with Crippen LogP contribution in [0.4, 0.5) is 5.82 Å². The second-order valence-electron chi connectivity index (χ2n) is 5.73.